The Hall–Kier alpha value is -2.90. The number of carbonyl (C=O) groups is 1. The number of H-pyrrole nitrogens is 1. The summed E-state index contributed by atoms with van der Waals surface area (Å²) in [4.78, 5) is 22.6. The first-order valence-electron chi connectivity index (χ1n) is 12.6. The van der Waals surface area contributed by atoms with Crippen LogP contribution in [-0.2, 0) is 15.9 Å². The van der Waals surface area contributed by atoms with E-state index in [1.807, 2.05) is 45.0 Å². The number of fused-ring (bicyclic) bond motifs is 1. The van der Waals surface area contributed by atoms with Crippen molar-refractivity contribution >= 4 is 17.1 Å². The third-order valence-electron chi connectivity index (χ3n) is 6.21. The van der Waals surface area contributed by atoms with Crippen LogP contribution in [0.5, 0.6) is 0 Å². The fourth-order valence-electron chi connectivity index (χ4n) is 4.42. The van der Waals surface area contributed by atoms with Gasteiger partial charge in [-0.05, 0) is 76.8 Å². The van der Waals surface area contributed by atoms with E-state index < -0.39 is 5.60 Å². The van der Waals surface area contributed by atoms with E-state index in [0.717, 1.165) is 61.2 Å². The van der Waals surface area contributed by atoms with Crippen molar-refractivity contribution in [2.75, 3.05) is 26.7 Å². The Balaban J connectivity index is 1.46. The monoisotopic (exact) mass is 478 g/mol. The summed E-state index contributed by atoms with van der Waals surface area (Å²) in [5, 5.41) is 2.84. The molecule has 1 fully saturated rings. The normalized spacial score (nSPS) is 16.3. The number of ether oxygens (including phenoxy) is 2. The molecule has 1 amide bonds. The number of hydrogen-bond acceptors (Lipinski definition) is 5. The summed E-state index contributed by atoms with van der Waals surface area (Å²) in [5.41, 5.74) is 3.78. The smallest absolute Gasteiger partial charge is 0.407 e. The Bertz CT molecular complexity index is 1080. The SMILES string of the molecule is CN1CCC(OC(c2cccc(CCCNC(=O)OC(C)(C)C)c2)c2nc3ccccc3[nH]2)CC1. The van der Waals surface area contributed by atoms with Gasteiger partial charge in [0.25, 0.3) is 0 Å². The van der Waals surface area contributed by atoms with Crippen molar-refractivity contribution in [3.8, 4) is 0 Å². The zero-order valence-electron chi connectivity index (χ0n) is 21.3. The Kier molecular flexibility index (Phi) is 8.08. The van der Waals surface area contributed by atoms with Crippen LogP contribution >= 0.6 is 0 Å². The minimum absolute atomic E-state index is 0.200. The molecule has 1 aliphatic rings. The molecule has 0 saturated carbocycles. The minimum Gasteiger partial charge on any atom is -0.444 e. The molecule has 0 bridgehead atoms. The number of likely N-dealkylation sites (tertiary alicyclic amines) is 1. The van der Waals surface area contributed by atoms with Crippen LogP contribution in [0.25, 0.3) is 11.0 Å². The summed E-state index contributed by atoms with van der Waals surface area (Å²) in [5.74, 6) is 0.842. The number of aromatic nitrogens is 2. The molecule has 0 aliphatic carbocycles. The Morgan fingerprint density at radius 2 is 1.94 bits per heavy atom. The first-order chi connectivity index (χ1) is 16.8. The second-order valence-electron chi connectivity index (χ2n) is 10.4. The zero-order valence-corrected chi connectivity index (χ0v) is 21.3. The van der Waals surface area contributed by atoms with Crippen LogP contribution in [0.1, 0.15) is 63.1 Å². The van der Waals surface area contributed by atoms with Gasteiger partial charge >= 0.3 is 6.09 Å². The predicted octanol–water partition coefficient (Wildman–Crippen LogP) is 5.22. The number of piperidine rings is 1. The highest BCUT2D eigenvalue weighted by Gasteiger charge is 2.26. The quantitative estimate of drug-likeness (QED) is 0.434. The molecule has 188 valence electrons. The van der Waals surface area contributed by atoms with E-state index in [2.05, 4.69) is 46.5 Å². The molecule has 1 aliphatic heterocycles. The van der Waals surface area contributed by atoms with Crippen LogP contribution in [0.15, 0.2) is 48.5 Å². The maximum atomic E-state index is 11.9. The third-order valence-corrected chi connectivity index (χ3v) is 6.21. The van der Waals surface area contributed by atoms with Gasteiger partial charge in [-0.1, -0.05) is 36.4 Å². The van der Waals surface area contributed by atoms with E-state index in [9.17, 15) is 4.79 Å². The summed E-state index contributed by atoms with van der Waals surface area (Å²) in [6, 6.07) is 16.6. The van der Waals surface area contributed by atoms with Crippen LogP contribution in [0.4, 0.5) is 4.79 Å². The van der Waals surface area contributed by atoms with E-state index in [1.165, 1.54) is 5.56 Å². The molecule has 2 N–H and O–H groups in total. The first-order valence-corrected chi connectivity index (χ1v) is 12.6. The largest absolute Gasteiger partial charge is 0.444 e. The number of alkyl carbamates (subject to hydrolysis) is 1. The molecule has 1 atom stereocenters. The Morgan fingerprint density at radius 1 is 1.17 bits per heavy atom. The van der Waals surface area contributed by atoms with Gasteiger partial charge in [0.05, 0.1) is 17.1 Å². The lowest BCUT2D eigenvalue weighted by atomic mass is 10.0. The highest BCUT2D eigenvalue weighted by Crippen LogP contribution is 2.30. The number of carbonyl (C=O) groups excluding carboxylic acids is 1. The van der Waals surface area contributed by atoms with E-state index in [1.54, 1.807) is 0 Å². The number of aromatic amines is 1. The molecule has 1 saturated heterocycles. The molecule has 7 nitrogen and oxygen atoms in total. The maximum Gasteiger partial charge on any atom is 0.407 e. The van der Waals surface area contributed by atoms with Gasteiger partial charge in [-0.3, -0.25) is 0 Å². The molecule has 35 heavy (non-hydrogen) atoms. The van der Waals surface area contributed by atoms with Crippen molar-refractivity contribution in [3.05, 3.63) is 65.5 Å². The fraction of sp³-hybridized carbons (Fsp3) is 0.500. The number of nitrogens with one attached hydrogen (secondary N) is 2. The van der Waals surface area contributed by atoms with Crippen LogP contribution in [0.2, 0.25) is 0 Å². The van der Waals surface area contributed by atoms with E-state index in [4.69, 9.17) is 14.5 Å². The predicted molar refractivity (Wildman–Crippen MR) is 139 cm³/mol. The molecule has 7 heteroatoms. The minimum atomic E-state index is -0.488. The van der Waals surface area contributed by atoms with Crippen molar-refractivity contribution in [3.63, 3.8) is 0 Å². The number of aryl methyl sites for hydroxylation is 1. The highest BCUT2D eigenvalue weighted by atomic mass is 16.6. The summed E-state index contributed by atoms with van der Waals surface area (Å²) in [6.45, 7) is 8.25. The van der Waals surface area contributed by atoms with Crippen LogP contribution in [0.3, 0.4) is 0 Å². The standard InChI is InChI=1S/C28H38N4O3/c1-28(2,3)35-27(33)29-16-8-10-20-9-7-11-21(19-20)25(34-22-14-17-32(4)18-15-22)26-30-23-12-5-6-13-24(23)31-26/h5-7,9,11-13,19,22,25H,8,10,14-18H2,1-4H3,(H,29,33)(H,30,31). The molecule has 1 unspecified atom stereocenters. The zero-order chi connectivity index (χ0) is 24.8. The van der Waals surface area contributed by atoms with Crippen molar-refractivity contribution < 1.29 is 14.3 Å². The molecule has 2 heterocycles. The topological polar surface area (TPSA) is 79.5 Å². The van der Waals surface area contributed by atoms with E-state index in [0.29, 0.717) is 6.54 Å². The maximum absolute atomic E-state index is 11.9. The summed E-state index contributed by atoms with van der Waals surface area (Å²) < 4.78 is 12.0. The molecular weight excluding hydrogens is 440 g/mol. The number of imidazole rings is 1. The summed E-state index contributed by atoms with van der Waals surface area (Å²) >= 11 is 0. The van der Waals surface area contributed by atoms with Crippen molar-refractivity contribution in [2.24, 2.45) is 0 Å². The van der Waals surface area contributed by atoms with Crippen LogP contribution in [-0.4, -0.2) is 59.3 Å². The number of nitrogens with zero attached hydrogens (tertiary/aromatic N) is 2. The number of hydrogen-bond donors (Lipinski definition) is 2. The third kappa shape index (κ3) is 7.29. The molecule has 4 rings (SSSR count). The number of benzene rings is 2. The van der Waals surface area contributed by atoms with Gasteiger partial charge in [-0.25, -0.2) is 9.78 Å². The van der Waals surface area contributed by atoms with Gasteiger partial charge in [0.15, 0.2) is 0 Å². The Morgan fingerprint density at radius 3 is 2.69 bits per heavy atom. The summed E-state index contributed by atoms with van der Waals surface area (Å²) in [7, 11) is 2.16. The van der Waals surface area contributed by atoms with Gasteiger partial charge in [0.1, 0.15) is 17.5 Å². The van der Waals surface area contributed by atoms with Crippen molar-refractivity contribution in [1.82, 2.24) is 20.2 Å². The van der Waals surface area contributed by atoms with E-state index >= 15 is 0 Å². The van der Waals surface area contributed by atoms with Gasteiger partial charge in [-0.15, -0.1) is 0 Å². The van der Waals surface area contributed by atoms with Gasteiger partial charge < -0.3 is 24.7 Å². The highest BCUT2D eigenvalue weighted by molar-refractivity contribution is 5.75. The lowest BCUT2D eigenvalue weighted by molar-refractivity contribution is -0.0264. The van der Waals surface area contributed by atoms with Gasteiger partial charge in [-0.2, -0.15) is 0 Å². The van der Waals surface area contributed by atoms with Crippen molar-refractivity contribution in [1.29, 1.82) is 0 Å². The average molecular weight is 479 g/mol. The Labute approximate surface area is 208 Å². The number of amides is 1. The van der Waals surface area contributed by atoms with Gasteiger partial charge in [0.2, 0.25) is 0 Å². The lowest BCUT2D eigenvalue weighted by Gasteiger charge is -2.31. The van der Waals surface area contributed by atoms with Gasteiger partial charge in [0, 0.05) is 19.6 Å². The van der Waals surface area contributed by atoms with Crippen LogP contribution in [0, 0.1) is 0 Å². The molecule has 1 aromatic heterocycles. The molecule has 0 radical (unpaired) electrons. The second-order valence-corrected chi connectivity index (χ2v) is 10.4. The fourth-order valence-corrected chi connectivity index (χ4v) is 4.42. The molecule has 2 aromatic carbocycles. The van der Waals surface area contributed by atoms with Crippen LogP contribution < -0.4 is 5.32 Å². The second kappa shape index (κ2) is 11.2. The number of rotatable bonds is 8. The average Bonchev–Trinajstić information content (AvgIpc) is 3.24. The van der Waals surface area contributed by atoms with Crippen molar-refractivity contribution in [2.45, 2.75) is 64.3 Å². The molecular formula is C28H38N4O3. The number of para-hydroxylation sites is 2. The van der Waals surface area contributed by atoms with E-state index in [-0.39, 0.29) is 18.3 Å². The molecule has 3 aromatic rings. The summed E-state index contributed by atoms with van der Waals surface area (Å²) in [6.07, 6.45) is 3.29. The first kappa shape index (κ1) is 25.2. The lowest BCUT2D eigenvalue weighted by Crippen LogP contribution is -2.35. The molecule has 0 spiro atoms.